The van der Waals surface area contributed by atoms with Crippen molar-refractivity contribution in [2.75, 3.05) is 23.3 Å². The van der Waals surface area contributed by atoms with Crippen LogP contribution in [0.1, 0.15) is 57.6 Å². The molecule has 2 aliphatic rings. The number of nitrogens with zero attached hydrogens (tertiary/aromatic N) is 2. The fourth-order valence-corrected chi connectivity index (χ4v) is 6.54. The Hall–Kier alpha value is -2.71. The maximum Gasteiger partial charge on any atom is 0.243 e. The minimum absolute atomic E-state index is 0.00289. The topological polar surface area (TPSA) is 86.8 Å². The summed E-state index contributed by atoms with van der Waals surface area (Å²) in [4.78, 5) is 26.8. The van der Waals surface area contributed by atoms with Crippen LogP contribution < -0.4 is 10.2 Å². The minimum atomic E-state index is -3.74. The Morgan fingerprint density at radius 3 is 2.44 bits per heavy atom. The zero-order valence-electron chi connectivity index (χ0n) is 20.2. The first-order valence-electron chi connectivity index (χ1n) is 11.9. The van der Waals surface area contributed by atoms with Crippen LogP contribution in [0.3, 0.4) is 0 Å². The third-order valence-corrected chi connectivity index (χ3v) is 8.70. The Labute approximate surface area is 202 Å². The molecule has 2 unspecified atom stereocenters. The third-order valence-electron chi connectivity index (χ3n) is 6.84. The van der Waals surface area contributed by atoms with E-state index >= 15 is 0 Å². The van der Waals surface area contributed by atoms with Gasteiger partial charge in [0.15, 0.2) is 0 Å². The van der Waals surface area contributed by atoms with Crippen LogP contribution in [0.4, 0.5) is 11.4 Å². The molecule has 0 saturated carbocycles. The zero-order valence-corrected chi connectivity index (χ0v) is 21.1. The third kappa shape index (κ3) is 4.74. The van der Waals surface area contributed by atoms with Gasteiger partial charge < -0.3 is 10.2 Å². The molecule has 182 valence electrons. The zero-order chi connectivity index (χ0) is 24.6. The molecule has 2 amide bonds. The number of fused-ring (bicyclic) bond motifs is 1. The van der Waals surface area contributed by atoms with E-state index in [1.165, 1.54) is 16.8 Å². The quantitative estimate of drug-likeness (QED) is 0.692. The monoisotopic (exact) mass is 483 g/mol. The lowest BCUT2D eigenvalue weighted by Crippen LogP contribution is -2.43. The fourth-order valence-electron chi connectivity index (χ4n) is 4.97. The summed E-state index contributed by atoms with van der Waals surface area (Å²) >= 11 is 0. The van der Waals surface area contributed by atoms with Gasteiger partial charge in [0, 0.05) is 37.4 Å². The lowest BCUT2D eigenvalue weighted by atomic mass is 9.98. The first-order valence-corrected chi connectivity index (χ1v) is 13.4. The van der Waals surface area contributed by atoms with Crippen LogP contribution in [-0.2, 0) is 26.0 Å². The van der Waals surface area contributed by atoms with Gasteiger partial charge in [-0.3, -0.25) is 9.59 Å². The summed E-state index contributed by atoms with van der Waals surface area (Å²) < 4.78 is 28.3. The first kappa shape index (κ1) is 24.4. The van der Waals surface area contributed by atoms with E-state index < -0.39 is 15.9 Å². The predicted octanol–water partition coefficient (Wildman–Crippen LogP) is 4.15. The standard InChI is InChI=1S/C26H33N3O4S/c1-17(2)20-7-9-23(10-8-20)27-26(31)21-6-5-13-28(16-21)34(32,33)24-11-12-25-22(15-24)14-18(3)29(25)19(4)30/h7-12,15,17-18,21H,5-6,13-14,16H2,1-4H3,(H,27,31). The number of piperidine rings is 1. The van der Waals surface area contributed by atoms with Gasteiger partial charge in [0.05, 0.1) is 10.8 Å². The largest absolute Gasteiger partial charge is 0.326 e. The number of amides is 2. The van der Waals surface area contributed by atoms with Crippen LogP contribution in [0.2, 0.25) is 0 Å². The maximum absolute atomic E-state index is 13.4. The smallest absolute Gasteiger partial charge is 0.243 e. The van der Waals surface area contributed by atoms with Crippen LogP contribution in [-0.4, -0.2) is 43.7 Å². The number of carbonyl (C=O) groups excluding carboxylic acids is 2. The van der Waals surface area contributed by atoms with Gasteiger partial charge in [-0.05, 0) is 73.6 Å². The molecule has 1 saturated heterocycles. The van der Waals surface area contributed by atoms with Gasteiger partial charge in [-0.15, -0.1) is 0 Å². The van der Waals surface area contributed by atoms with Crippen LogP contribution >= 0.6 is 0 Å². The van der Waals surface area contributed by atoms with Crippen LogP contribution in [0.25, 0.3) is 0 Å². The van der Waals surface area contributed by atoms with Gasteiger partial charge in [-0.1, -0.05) is 26.0 Å². The van der Waals surface area contributed by atoms with E-state index in [9.17, 15) is 18.0 Å². The lowest BCUT2D eigenvalue weighted by Gasteiger charge is -2.31. The number of anilines is 2. The molecular formula is C26H33N3O4S. The molecule has 2 heterocycles. The Kier molecular flexibility index (Phi) is 6.82. The van der Waals surface area contributed by atoms with E-state index in [-0.39, 0.29) is 29.3 Å². The second kappa shape index (κ2) is 9.50. The molecule has 0 aromatic heterocycles. The molecule has 34 heavy (non-hydrogen) atoms. The summed E-state index contributed by atoms with van der Waals surface area (Å²) in [7, 11) is -3.74. The molecule has 0 aliphatic carbocycles. The first-order chi connectivity index (χ1) is 16.1. The van der Waals surface area contributed by atoms with Crippen molar-refractivity contribution in [3.8, 4) is 0 Å². The van der Waals surface area contributed by atoms with Crippen LogP contribution in [0, 0.1) is 5.92 Å². The molecule has 1 N–H and O–H groups in total. The van der Waals surface area contributed by atoms with Crippen LogP contribution in [0.15, 0.2) is 47.4 Å². The molecular weight excluding hydrogens is 450 g/mol. The number of benzene rings is 2. The van der Waals surface area contributed by atoms with Gasteiger partial charge in [0.1, 0.15) is 0 Å². The van der Waals surface area contributed by atoms with Gasteiger partial charge in [0.2, 0.25) is 21.8 Å². The summed E-state index contributed by atoms with van der Waals surface area (Å²) in [6.45, 7) is 8.26. The van der Waals surface area contributed by atoms with Crippen molar-refractivity contribution >= 4 is 33.2 Å². The maximum atomic E-state index is 13.4. The van der Waals surface area contributed by atoms with Gasteiger partial charge in [-0.25, -0.2) is 8.42 Å². The second-order valence-corrected chi connectivity index (χ2v) is 11.6. The highest BCUT2D eigenvalue weighted by Crippen LogP contribution is 2.35. The normalized spacial score (nSPS) is 20.9. The number of hydrogen-bond donors (Lipinski definition) is 1. The van der Waals surface area contributed by atoms with Crippen molar-refractivity contribution in [2.45, 2.75) is 63.8 Å². The molecule has 0 bridgehead atoms. The van der Waals surface area contributed by atoms with Crippen LogP contribution in [0.5, 0.6) is 0 Å². The van der Waals surface area contributed by atoms with Gasteiger partial charge in [0.25, 0.3) is 0 Å². The van der Waals surface area contributed by atoms with E-state index in [2.05, 4.69) is 19.2 Å². The lowest BCUT2D eigenvalue weighted by molar-refractivity contribution is -0.121. The molecule has 8 heteroatoms. The number of carbonyl (C=O) groups is 2. The van der Waals surface area contributed by atoms with Crippen molar-refractivity contribution in [2.24, 2.45) is 5.92 Å². The molecule has 0 spiro atoms. The van der Waals surface area contributed by atoms with Crippen molar-refractivity contribution < 1.29 is 18.0 Å². The summed E-state index contributed by atoms with van der Waals surface area (Å²) in [6, 6.07) is 12.8. The second-order valence-electron chi connectivity index (χ2n) is 9.70. The highest BCUT2D eigenvalue weighted by atomic mass is 32.2. The Bertz CT molecular complexity index is 1190. The van der Waals surface area contributed by atoms with Crippen molar-refractivity contribution in [3.05, 3.63) is 53.6 Å². The molecule has 2 atom stereocenters. The molecule has 2 aliphatic heterocycles. The molecule has 1 fully saturated rings. The molecule has 4 rings (SSSR count). The van der Waals surface area contributed by atoms with E-state index in [0.29, 0.717) is 31.7 Å². The van der Waals surface area contributed by atoms with Crippen molar-refractivity contribution in [1.29, 1.82) is 0 Å². The molecule has 2 aromatic carbocycles. The van der Waals surface area contributed by atoms with E-state index in [1.54, 1.807) is 23.1 Å². The van der Waals surface area contributed by atoms with Crippen molar-refractivity contribution in [3.63, 3.8) is 0 Å². The number of hydrogen-bond acceptors (Lipinski definition) is 4. The highest BCUT2D eigenvalue weighted by molar-refractivity contribution is 7.89. The SMILES string of the molecule is CC(=O)N1c2ccc(S(=O)(=O)N3CCCC(C(=O)Nc4ccc(C(C)C)cc4)C3)cc2CC1C. The Morgan fingerprint density at radius 1 is 1.09 bits per heavy atom. The number of nitrogens with one attached hydrogen (secondary N) is 1. The van der Waals surface area contributed by atoms with E-state index in [0.717, 1.165) is 16.9 Å². The average molecular weight is 484 g/mol. The molecule has 0 radical (unpaired) electrons. The fraction of sp³-hybridized carbons (Fsp3) is 0.462. The number of sulfonamides is 1. The summed E-state index contributed by atoms with van der Waals surface area (Å²) in [5.41, 5.74) is 3.55. The summed E-state index contributed by atoms with van der Waals surface area (Å²) in [5, 5.41) is 2.95. The minimum Gasteiger partial charge on any atom is -0.326 e. The highest BCUT2D eigenvalue weighted by Gasteiger charge is 2.35. The summed E-state index contributed by atoms with van der Waals surface area (Å²) in [5.74, 6) is -0.201. The van der Waals surface area contributed by atoms with Crippen molar-refractivity contribution in [1.82, 2.24) is 4.31 Å². The van der Waals surface area contributed by atoms with Gasteiger partial charge >= 0.3 is 0 Å². The predicted molar refractivity (Wildman–Crippen MR) is 133 cm³/mol. The Balaban J connectivity index is 1.48. The van der Waals surface area contributed by atoms with E-state index in [1.807, 2.05) is 31.2 Å². The number of rotatable bonds is 5. The average Bonchev–Trinajstić information content (AvgIpc) is 3.14. The molecule has 2 aromatic rings. The summed E-state index contributed by atoms with van der Waals surface area (Å²) in [6.07, 6.45) is 1.90. The van der Waals surface area contributed by atoms with E-state index in [4.69, 9.17) is 0 Å². The molecule has 7 nitrogen and oxygen atoms in total. The Morgan fingerprint density at radius 2 is 1.79 bits per heavy atom. The van der Waals surface area contributed by atoms with Gasteiger partial charge in [-0.2, -0.15) is 4.31 Å².